The number of benzene rings is 1. The highest BCUT2D eigenvalue weighted by atomic mass is 35.5. The Morgan fingerprint density at radius 1 is 1.30 bits per heavy atom. The van der Waals surface area contributed by atoms with Crippen LogP contribution in [0.3, 0.4) is 0 Å². The van der Waals surface area contributed by atoms with Crippen LogP contribution in [0, 0.1) is 0 Å². The third kappa shape index (κ3) is 6.49. The average molecular weight is 428 g/mol. The molecule has 1 unspecified atom stereocenters. The quantitative estimate of drug-likeness (QED) is 0.604. The topological polar surface area (TPSA) is 87.3 Å². The molecular weight excluding hydrogens is 407 g/mol. The summed E-state index contributed by atoms with van der Waals surface area (Å²) in [5, 5.41) is 5.71. The summed E-state index contributed by atoms with van der Waals surface area (Å²) in [4.78, 5) is 11.2. The van der Waals surface area contributed by atoms with E-state index in [4.69, 9.17) is 0 Å². The molecule has 1 heterocycles. The number of alkyl halides is 3. The minimum absolute atomic E-state index is 0. The maximum atomic E-state index is 13.0. The van der Waals surface area contributed by atoms with Gasteiger partial charge >= 0.3 is 6.18 Å². The lowest BCUT2D eigenvalue weighted by molar-refractivity contribution is -0.139. The summed E-state index contributed by atoms with van der Waals surface area (Å²) < 4.78 is 65.7. The molecule has 1 aliphatic heterocycles. The fourth-order valence-electron chi connectivity index (χ4n) is 2.47. The number of rotatable bonds is 6. The van der Waals surface area contributed by atoms with Crippen LogP contribution in [0.25, 0.3) is 0 Å². The van der Waals surface area contributed by atoms with Crippen molar-refractivity contribution in [2.24, 2.45) is 0 Å². The Hall–Kier alpha value is -1.62. The van der Waals surface area contributed by atoms with E-state index in [0.29, 0.717) is 12.6 Å². The van der Waals surface area contributed by atoms with Crippen LogP contribution in [0.15, 0.2) is 40.8 Å². The molecule has 0 fully saturated rings. The van der Waals surface area contributed by atoms with Gasteiger partial charge in [-0.3, -0.25) is 4.79 Å². The molecule has 6 nitrogen and oxygen atoms in total. The second kappa shape index (κ2) is 9.54. The monoisotopic (exact) mass is 427 g/mol. The Labute approximate surface area is 162 Å². The maximum Gasteiger partial charge on any atom is 0.417 e. The Balaban J connectivity index is 0.00000364. The SMILES string of the molecule is CC(NS(=O)(=O)c1ccccc1C(F)(F)F)C(=O)NCC1=CCNCC1.Cl. The molecule has 0 bridgehead atoms. The van der Waals surface area contributed by atoms with Gasteiger partial charge in [-0.1, -0.05) is 23.8 Å². The number of carbonyl (C=O) groups excluding carboxylic acids is 1. The van der Waals surface area contributed by atoms with Crippen molar-refractivity contribution in [3.63, 3.8) is 0 Å². The van der Waals surface area contributed by atoms with E-state index in [-0.39, 0.29) is 19.0 Å². The summed E-state index contributed by atoms with van der Waals surface area (Å²) in [5.74, 6) is -0.613. The van der Waals surface area contributed by atoms with Gasteiger partial charge in [-0.15, -0.1) is 12.4 Å². The summed E-state index contributed by atoms with van der Waals surface area (Å²) in [6, 6.07) is 2.62. The molecule has 152 valence electrons. The van der Waals surface area contributed by atoms with E-state index in [0.717, 1.165) is 30.7 Å². The van der Waals surface area contributed by atoms with Crippen molar-refractivity contribution in [2.45, 2.75) is 30.5 Å². The number of sulfonamides is 1. The summed E-state index contributed by atoms with van der Waals surface area (Å²) >= 11 is 0. The molecule has 1 amide bonds. The lowest BCUT2D eigenvalue weighted by atomic mass is 10.1. The summed E-state index contributed by atoms with van der Waals surface area (Å²) in [5.41, 5.74) is -0.269. The molecule has 1 aromatic carbocycles. The van der Waals surface area contributed by atoms with Gasteiger partial charge in [0.15, 0.2) is 0 Å². The Morgan fingerprint density at radius 3 is 2.56 bits per heavy atom. The van der Waals surface area contributed by atoms with Gasteiger partial charge in [0.25, 0.3) is 0 Å². The minimum Gasteiger partial charge on any atom is -0.351 e. The van der Waals surface area contributed by atoms with E-state index in [9.17, 15) is 26.4 Å². The van der Waals surface area contributed by atoms with Crippen LogP contribution >= 0.6 is 12.4 Å². The highest BCUT2D eigenvalue weighted by molar-refractivity contribution is 7.89. The molecule has 1 aromatic rings. The van der Waals surface area contributed by atoms with E-state index in [1.807, 2.05) is 10.8 Å². The van der Waals surface area contributed by atoms with Gasteiger partial charge in [0, 0.05) is 13.1 Å². The van der Waals surface area contributed by atoms with E-state index in [1.165, 1.54) is 13.0 Å². The number of carbonyl (C=O) groups is 1. The minimum atomic E-state index is -4.82. The van der Waals surface area contributed by atoms with E-state index in [1.54, 1.807) is 0 Å². The van der Waals surface area contributed by atoms with Crippen molar-refractivity contribution in [1.82, 2.24) is 15.4 Å². The van der Waals surface area contributed by atoms with Crippen LogP contribution in [0.4, 0.5) is 13.2 Å². The Kier molecular flexibility index (Phi) is 8.27. The number of hydrogen-bond acceptors (Lipinski definition) is 4. The zero-order valence-electron chi connectivity index (χ0n) is 14.5. The van der Waals surface area contributed by atoms with Crippen molar-refractivity contribution < 1.29 is 26.4 Å². The van der Waals surface area contributed by atoms with E-state index >= 15 is 0 Å². The fourth-order valence-corrected chi connectivity index (χ4v) is 3.90. The average Bonchev–Trinajstić information content (AvgIpc) is 2.59. The highest BCUT2D eigenvalue weighted by Crippen LogP contribution is 2.33. The molecule has 2 rings (SSSR count). The first-order valence-electron chi connectivity index (χ1n) is 7.96. The summed E-state index contributed by atoms with van der Waals surface area (Å²) in [6.45, 7) is 3.03. The molecule has 27 heavy (non-hydrogen) atoms. The molecule has 1 aliphatic rings. The first-order chi connectivity index (χ1) is 12.1. The van der Waals surface area contributed by atoms with E-state index in [2.05, 4.69) is 10.6 Å². The second-order valence-electron chi connectivity index (χ2n) is 5.87. The number of hydrogen-bond donors (Lipinski definition) is 3. The Bertz CT molecular complexity index is 798. The third-order valence-electron chi connectivity index (χ3n) is 3.85. The van der Waals surface area contributed by atoms with Gasteiger partial charge < -0.3 is 10.6 Å². The fraction of sp³-hybridized carbons (Fsp3) is 0.438. The van der Waals surface area contributed by atoms with Gasteiger partial charge in [0.2, 0.25) is 15.9 Å². The van der Waals surface area contributed by atoms with Gasteiger partial charge in [-0.05, 0) is 32.0 Å². The standard InChI is InChI=1S/C16H20F3N3O3S.ClH/c1-11(15(23)21-10-12-6-8-20-9-7-12)22-26(24,25)14-5-3-2-4-13(14)16(17,18)19;/h2-6,11,20,22H,7-10H2,1H3,(H,21,23);1H. The molecule has 0 saturated heterocycles. The molecule has 0 saturated carbocycles. The molecule has 0 radical (unpaired) electrons. The normalized spacial score (nSPS) is 16.1. The van der Waals surface area contributed by atoms with Crippen LogP contribution in [-0.2, 0) is 21.0 Å². The molecule has 1 atom stereocenters. The van der Waals surface area contributed by atoms with Crippen molar-refractivity contribution >= 4 is 28.3 Å². The van der Waals surface area contributed by atoms with E-state index < -0.39 is 38.6 Å². The molecule has 0 aromatic heterocycles. The molecule has 0 aliphatic carbocycles. The van der Waals surface area contributed by atoms with Gasteiger partial charge in [0.05, 0.1) is 16.5 Å². The molecule has 0 spiro atoms. The van der Waals surface area contributed by atoms with Gasteiger partial charge in [-0.2, -0.15) is 17.9 Å². The predicted molar refractivity (Wildman–Crippen MR) is 97.1 cm³/mol. The van der Waals surface area contributed by atoms with Gasteiger partial charge in [-0.25, -0.2) is 8.42 Å². The zero-order chi connectivity index (χ0) is 19.4. The maximum absolute atomic E-state index is 13.0. The van der Waals surface area contributed by atoms with Crippen LogP contribution in [0.5, 0.6) is 0 Å². The van der Waals surface area contributed by atoms with Crippen LogP contribution in [0.1, 0.15) is 18.9 Å². The molecule has 11 heteroatoms. The van der Waals surface area contributed by atoms with Crippen molar-refractivity contribution in [3.8, 4) is 0 Å². The number of halogens is 4. The Morgan fingerprint density at radius 2 is 1.96 bits per heavy atom. The zero-order valence-corrected chi connectivity index (χ0v) is 16.1. The summed E-state index contributed by atoms with van der Waals surface area (Å²) in [6.07, 6.45) is -2.13. The smallest absolute Gasteiger partial charge is 0.351 e. The highest BCUT2D eigenvalue weighted by Gasteiger charge is 2.37. The largest absolute Gasteiger partial charge is 0.417 e. The van der Waals surface area contributed by atoms with Crippen molar-refractivity contribution in [3.05, 3.63) is 41.5 Å². The molecular formula is C16H21ClF3N3O3S. The van der Waals surface area contributed by atoms with Crippen molar-refractivity contribution in [2.75, 3.05) is 19.6 Å². The lowest BCUT2D eigenvalue weighted by Gasteiger charge is -2.19. The van der Waals surface area contributed by atoms with Gasteiger partial charge in [0.1, 0.15) is 0 Å². The third-order valence-corrected chi connectivity index (χ3v) is 5.45. The first kappa shape index (κ1) is 23.4. The second-order valence-corrected chi connectivity index (χ2v) is 7.55. The number of nitrogens with one attached hydrogen (secondary N) is 3. The molecule has 3 N–H and O–H groups in total. The summed E-state index contributed by atoms with van der Waals surface area (Å²) in [7, 11) is -4.52. The first-order valence-corrected chi connectivity index (χ1v) is 9.44. The predicted octanol–water partition coefficient (Wildman–Crippen LogP) is 1.83. The van der Waals surface area contributed by atoms with Crippen molar-refractivity contribution in [1.29, 1.82) is 0 Å². The van der Waals surface area contributed by atoms with Crippen LogP contribution in [-0.4, -0.2) is 40.0 Å². The van der Waals surface area contributed by atoms with Crippen LogP contribution < -0.4 is 15.4 Å². The van der Waals surface area contributed by atoms with Crippen LogP contribution in [0.2, 0.25) is 0 Å². The lowest BCUT2D eigenvalue weighted by Crippen LogP contribution is -2.45. The number of amides is 1.